The highest BCUT2D eigenvalue weighted by Gasteiger charge is 2.22. The van der Waals surface area contributed by atoms with Crippen molar-refractivity contribution in [1.82, 2.24) is 4.90 Å². The molecule has 3 N–H and O–H groups in total. The maximum Gasteiger partial charge on any atom is 0.244 e. The quantitative estimate of drug-likeness (QED) is 0.838. The van der Waals surface area contributed by atoms with E-state index in [1.807, 2.05) is 4.90 Å². The Balaban J connectivity index is 2.10. The minimum Gasteiger partial charge on any atom is -0.389 e. The van der Waals surface area contributed by atoms with Crippen LogP contribution in [0.1, 0.15) is 31.7 Å². The second kappa shape index (κ2) is 6.85. The van der Waals surface area contributed by atoms with Crippen LogP contribution in [0.5, 0.6) is 0 Å². The molecule has 1 aromatic rings. The van der Waals surface area contributed by atoms with Gasteiger partial charge in [-0.2, -0.15) is 0 Å². The Morgan fingerprint density at radius 3 is 2.67 bits per heavy atom. The molecule has 6 heteroatoms. The lowest BCUT2D eigenvalue weighted by atomic mass is 10.1. The standard InChI is InChI=1S/C15H20FN3OS/c1-10(15(20)19-7-3-2-4-8-19)18-13-6-5-11(16)9-12(13)14(17)21/h5-6,9-10,18H,2-4,7-8H2,1H3,(H2,17,21). The molecule has 114 valence electrons. The summed E-state index contributed by atoms with van der Waals surface area (Å²) in [4.78, 5) is 14.3. The van der Waals surface area contributed by atoms with Crippen LogP contribution in [0, 0.1) is 5.82 Å². The van der Waals surface area contributed by atoms with Gasteiger partial charge in [0.15, 0.2) is 0 Å². The van der Waals surface area contributed by atoms with E-state index in [0.717, 1.165) is 25.9 Å². The molecule has 1 aliphatic rings. The van der Waals surface area contributed by atoms with Gasteiger partial charge in [0.05, 0.1) is 0 Å². The molecule has 1 unspecified atom stereocenters. The number of nitrogens with zero attached hydrogens (tertiary/aromatic N) is 1. The predicted octanol–water partition coefficient (Wildman–Crippen LogP) is 2.27. The Morgan fingerprint density at radius 1 is 1.38 bits per heavy atom. The van der Waals surface area contributed by atoms with Crippen molar-refractivity contribution in [1.29, 1.82) is 0 Å². The van der Waals surface area contributed by atoms with Gasteiger partial charge in [-0.15, -0.1) is 0 Å². The minimum atomic E-state index is -0.404. The zero-order valence-corrected chi connectivity index (χ0v) is 12.9. The van der Waals surface area contributed by atoms with Crippen LogP contribution in [0.4, 0.5) is 10.1 Å². The van der Waals surface area contributed by atoms with Gasteiger partial charge in [0.25, 0.3) is 0 Å². The first kappa shape index (κ1) is 15.7. The van der Waals surface area contributed by atoms with Crippen LogP contribution >= 0.6 is 12.2 Å². The molecule has 1 amide bonds. The summed E-state index contributed by atoms with van der Waals surface area (Å²) in [6, 6.07) is 3.76. The first-order valence-electron chi connectivity index (χ1n) is 7.13. The van der Waals surface area contributed by atoms with Gasteiger partial charge in [0.1, 0.15) is 16.8 Å². The molecular formula is C15H20FN3OS. The highest BCUT2D eigenvalue weighted by atomic mass is 32.1. The van der Waals surface area contributed by atoms with Crippen molar-refractivity contribution in [2.45, 2.75) is 32.2 Å². The summed E-state index contributed by atoms with van der Waals surface area (Å²) < 4.78 is 13.3. The van der Waals surface area contributed by atoms with Crippen molar-refractivity contribution in [3.63, 3.8) is 0 Å². The van der Waals surface area contributed by atoms with Crippen molar-refractivity contribution in [3.8, 4) is 0 Å². The Morgan fingerprint density at radius 2 is 2.05 bits per heavy atom. The van der Waals surface area contributed by atoms with Crippen molar-refractivity contribution in [2.24, 2.45) is 5.73 Å². The number of anilines is 1. The molecule has 1 aromatic carbocycles. The number of nitrogens with one attached hydrogen (secondary N) is 1. The van der Waals surface area contributed by atoms with Crippen molar-refractivity contribution < 1.29 is 9.18 Å². The molecule has 4 nitrogen and oxygen atoms in total. The molecule has 0 radical (unpaired) electrons. The monoisotopic (exact) mass is 309 g/mol. The third-order valence-electron chi connectivity index (χ3n) is 3.66. The number of rotatable bonds is 4. The van der Waals surface area contributed by atoms with Gasteiger partial charge in [0, 0.05) is 24.3 Å². The lowest BCUT2D eigenvalue weighted by Gasteiger charge is -2.30. The fraction of sp³-hybridized carbons (Fsp3) is 0.467. The zero-order chi connectivity index (χ0) is 15.4. The van der Waals surface area contributed by atoms with Crippen LogP contribution in [-0.4, -0.2) is 34.9 Å². The van der Waals surface area contributed by atoms with Crippen LogP contribution in [-0.2, 0) is 4.79 Å². The van der Waals surface area contributed by atoms with Crippen LogP contribution in [0.15, 0.2) is 18.2 Å². The van der Waals surface area contributed by atoms with E-state index >= 15 is 0 Å². The fourth-order valence-corrected chi connectivity index (χ4v) is 2.70. The van der Waals surface area contributed by atoms with Gasteiger partial charge in [-0.1, -0.05) is 12.2 Å². The largest absolute Gasteiger partial charge is 0.389 e. The van der Waals surface area contributed by atoms with Crippen LogP contribution in [0.2, 0.25) is 0 Å². The first-order chi connectivity index (χ1) is 9.99. The third-order valence-corrected chi connectivity index (χ3v) is 3.88. The summed E-state index contributed by atoms with van der Waals surface area (Å²) >= 11 is 4.93. The average molecular weight is 309 g/mol. The smallest absolute Gasteiger partial charge is 0.244 e. The fourth-order valence-electron chi connectivity index (χ4n) is 2.53. The molecule has 1 heterocycles. The number of piperidine rings is 1. The normalized spacial score (nSPS) is 16.4. The minimum absolute atomic E-state index is 0.0490. The summed E-state index contributed by atoms with van der Waals surface area (Å²) in [5.41, 5.74) is 6.61. The van der Waals surface area contributed by atoms with E-state index in [4.69, 9.17) is 18.0 Å². The van der Waals surface area contributed by atoms with Gasteiger partial charge in [-0.3, -0.25) is 4.79 Å². The molecule has 0 spiro atoms. The Bertz CT molecular complexity index is 544. The topological polar surface area (TPSA) is 58.4 Å². The number of benzene rings is 1. The highest BCUT2D eigenvalue weighted by molar-refractivity contribution is 7.80. The van der Waals surface area contributed by atoms with E-state index in [1.54, 1.807) is 13.0 Å². The molecule has 0 bridgehead atoms. The van der Waals surface area contributed by atoms with Gasteiger partial charge in [-0.05, 0) is 44.4 Å². The highest BCUT2D eigenvalue weighted by Crippen LogP contribution is 2.19. The Hall–Kier alpha value is -1.69. The second-order valence-corrected chi connectivity index (χ2v) is 5.75. The van der Waals surface area contributed by atoms with Gasteiger partial charge in [-0.25, -0.2) is 4.39 Å². The number of carbonyl (C=O) groups excluding carboxylic acids is 1. The van der Waals surface area contributed by atoms with E-state index in [2.05, 4.69) is 5.32 Å². The van der Waals surface area contributed by atoms with Crippen molar-refractivity contribution in [2.75, 3.05) is 18.4 Å². The average Bonchev–Trinajstić information content (AvgIpc) is 2.49. The maximum atomic E-state index is 13.3. The first-order valence-corrected chi connectivity index (χ1v) is 7.54. The molecule has 0 aromatic heterocycles. The van der Waals surface area contributed by atoms with E-state index in [0.29, 0.717) is 11.3 Å². The van der Waals surface area contributed by atoms with Crippen LogP contribution in [0.25, 0.3) is 0 Å². The number of likely N-dealkylation sites (tertiary alicyclic amines) is 1. The summed E-state index contributed by atoms with van der Waals surface area (Å²) in [7, 11) is 0. The number of carbonyl (C=O) groups is 1. The third kappa shape index (κ3) is 3.91. The molecule has 1 saturated heterocycles. The summed E-state index contributed by atoms with van der Waals surface area (Å²) in [6.07, 6.45) is 3.27. The van der Waals surface area contributed by atoms with Crippen molar-refractivity contribution in [3.05, 3.63) is 29.6 Å². The number of thiocarbonyl (C=S) groups is 1. The number of hydrogen-bond acceptors (Lipinski definition) is 3. The maximum absolute atomic E-state index is 13.3. The molecule has 1 aliphatic heterocycles. The SMILES string of the molecule is CC(Nc1ccc(F)cc1C(N)=S)C(=O)N1CCCCC1. The van der Waals surface area contributed by atoms with Crippen LogP contribution in [0.3, 0.4) is 0 Å². The molecule has 21 heavy (non-hydrogen) atoms. The predicted molar refractivity (Wildman–Crippen MR) is 85.8 cm³/mol. The summed E-state index contributed by atoms with van der Waals surface area (Å²) in [6.45, 7) is 3.40. The lowest BCUT2D eigenvalue weighted by molar-refractivity contribution is -0.132. The Kier molecular flexibility index (Phi) is 5.12. The van der Waals surface area contributed by atoms with Gasteiger partial charge >= 0.3 is 0 Å². The van der Waals surface area contributed by atoms with Crippen LogP contribution < -0.4 is 11.1 Å². The van der Waals surface area contributed by atoms with E-state index in [9.17, 15) is 9.18 Å². The van der Waals surface area contributed by atoms with Gasteiger partial charge in [0.2, 0.25) is 5.91 Å². The summed E-state index contributed by atoms with van der Waals surface area (Å²) in [5, 5.41) is 3.09. The van der Waals surface area contributed by atoms with E-state index < -0.39 is 11.9 Å². The molecule has 1 fully saturated rings. The molecule has 0 aliphatic carbocycles. The molecular weight excluding hydrogens is 289 g/mol. The molecule has 2 rings (SSSR count). The number of nitrogens with two attached hydrogens (primary N) is 1. The van der Waals surface area contributed by atoms with Crippen molar-refractivity contribution >= 4 is 28.8 Å². The number of halogens is 1. The number of hydrogen-bond donors (Lipinski definition) is 2. The number of amides is 1. The van der Waals surface area contributed by atoms with E-state index in [-0.39, 0.29) is 10.9 Å². The molecule has 0 saturated carbocycles. The summed E-state index contributed by atoms with van der Waals surface area (Å²) in [5.74, 6) is -0.355. The Labute approximate surface area is 129 Å². The lowest BCUT2D eigenvalue weighted by Crippen LogP contribution is -2.44. The van der Waals surface area contributed by atoms with Gasteiger partial charge < -0.3 is 16.0 Å². The molecule has 1 atom stereocenters. The van der Waals surface area contributed by atoms with E-state index in [1.165, 1.54) is 18.6 Å². The zero-order valence-electron chi connectivity index (χ0n) is 12.1. The second-order valence-electron chi connectivity index (χ2n) is 5.31.